The van der Waals surface area contributed by atoms with Gasteiger partial charge in [0.2, 0.25) is 0 Å². The first-order chi connectivity index (χ1) is 16.2. The summed E-state index contributed by atoms with van der Waals surface area (Å²) in [5.74, 6) is -2.02. The number of hydrogen-bond acceptors (Lipinski definition) is 10. The number of nitrogens with one attached hydrogen (secondary N) is 1. The number of esters is 1. The van der Waals surface area contributed by atoms with Crippen LogP contribution in [-0.4, -0.2) is 67.3 Å². The van der Waals surface area contributed by atoms with Crippen molar-refractivity contribution in [2.24, 2.45) is 5.92 Å². The van der Waals surface area contributed by atoms with Crippen molar-refractivity contribution in [2.45, 2.75) is 72.3 Å². The molecule has 4 N–H and O–H groups in total. The van der Waals surface area contributed by atoms with Crippen molar-refractivity contribution in [1.82, 2.24) is 24.6 Å². The molecule has 0 saturated carbocycles. The monoisotopic (exact) mass is 514 g/mol. The summed E-state index contributed by atoms with van der Waals surface area (Å²) in [6, 6.07) is 0. The molecule has 13 nitrogen and oxygen atoms in total. The molecular formula is C21H35N6O7P. The fourth-order valence-electron chi connectivity index (χ4n) is 3.02. The number of rotatable bonds is 14. The Bertz CT molecular complexity index is 1070. The molecule has 0 aliphatic heterocycles. The quantitative estimate of drug-likeness (QED) is 0.248. The van der Waals surface area contributed by atoms with E-state index in [4.69, 9.17) is 24.8 Å². The molecule has 0 bridgehead atoms. The molecule has 2 aromatic heterocycles. The van der Waals surface area contributed by atoms with Crippen LogP contribution in [0.1, 0.15) is 48.0 Å². The van der Waals surface area contributed by atoms with E-state index >= 15 is 0 Å². The Hall–Kier alpha value is -2.60. The zero-order valence-electron chi connectivity index (χ0n) is 20.9. The largest absolute Gasteiger partial charge is 0.481 e. The highest BCUT2D eigenvalue weighted by molar-refractivity contribution is 7.56. The number of carbonyl (C=O) groups is 2. The van der Waals surface area contributed by atoms with E-state index in [9.17, 15) is 14.2 Å². The maximum absolute atomic E-state index is 13.7. The molecule has 0 radical (unpaired) electrons. The fraction of sp³-hybridized carbons (Fsp3) is 0.667. The summed E-state index contributed by atoms with van der Waals surface area (Å²) >= 11 is 0. The number of nitrogens with two attached hydrogens (primary N) is 1. The summed E-state index contributed by atoms with van der Waals surface area (Å²) in [5.41, 5.74) is 5.47. The van der Waals surface area contributed by atoms with E-state index in [-0.39, 0.29) is 31.3 Å². The minimum atomic E-state index is -3.76. The minimum absolute atomic E-state index is 0.104. The van der Waals surface area contributed by atoms with Crippen LogP contribution in [0, 0.1) is 5.92 Å². The molecule has 0 unspecified atom stereocenters. The molecule has 0 spiro atoms. The third kappa shape index (κ3) is 8.24. The maximum atomic E-state index is 13.7. The van der Waals surface area contributed by atoms with Gasteiger partial charge in [-0.15, -0.1) is 0 Å². The van der Waals surface area contributed by atoms with E-state index in [2.05, 4.69) is 20.0 Å². The Kier molecular flexibility index (Phi) is 9.73. The molecule has 14 heteroatoms. The number of carboxylic acids is 1. The van der Waals surface area contributed by atoms with Gasteiger partial charge in [0, 0.05) is 0 Å². The second-order valence-electron chi connectivity index (χ2n) is 9.16. The first-order valence-corrected chi connectivity index (χ1v) is 13.0. The fourth-order valence-corrected chi connectivity index (χ4v) is 5.02. The number of carboxylic acid groups (broad SMARTS) is 1. The Morgan fingerprint density at radius 1 is 1.23 bits per heavy atom. The van der Waals surface area contributed by atoms with Gasteiger partial charge in [-0.05, 0) is 41.0 Å². The second-order valence-corrected chi connectivity index (χ2v) is 11.2. The van der Waals surface area contributed by atoms with E-state index in [0.717, 1.165) is 0 Å². The number of carbonyl (C=O) groups excluding carboxylic acids is 1. The maximum Gasteiger partial charge on any atom is 0.326 e. The van der Waals surface area contributed by atoms with E-state index in [1.165, 1.54) is 27.1 Å². The predicted octanol–water partition coefficient (Wildman–Crippen LogP) is 2.41. The van der Waals surface area contributed by atoms with Gasteiger partial charge in [-0.2, -0.15) is 0 Å². The Balaban J connectivity index is 2.11. The number of hydrogen-bond donors (Lipinski definition) is 3. The minimum Gasteiger partial charge on any atom is -0.481 e. The Morgan fingerprint density at radius 2 is 1.91 bits per heavy atom. The number of fused-ring (bicyclic) bond motifs is 1. The van der Waals surface area contributed by atoms with Gasteiger partial charge in [0.05, 0.1) is 37.6 Å². The topological polar surface area (TPSA) is 181 Å². The molecule has 2 heterocycles. The van der Waals surface area contributed by atoms with Gasteiger partial charge < -0.3 is 29.4 Å². The molecule has 0 aliphatic carbocycles. The van der Waals surface area contributed by atoms with Gasteiger partial charge in [-0.1, -0.05) is 6.92 Å². The van der Waals surface area contributed by atoms with Crippen LogP contribution < -0.4 is 10.8 Å². The average molecular weight is 515 g/mol. The lowest BCUT2D eigenvalue weighted by molar-refractivity contribution is -0.153. The molecule has 0 amide bonds. The van der Waals surface area contributed by atoms with E-state index in [0.29, 0.717) is 17.7 Å². The molecule has 0 saturated heterocycles. The SMILES string of the molecule is CC(C)OC(=O)C(C)(C)N[P@@](=O)(CO[C@H](C)Cn1cnc2c(N)ncnc21)OCC[C@H](C)C(=O)O. The standard InChI is InChI=1S/C21H35N6O7P/c1-13(2)34-20(30)21(5,6)26-35(31,33-8-7-14(3)19(28)29)12-32-15(4)9-27-11-25-16-17(22)23-10-24-18(16)27/h10-11,13-15H,7-9,12H2,1-6H3,(H,26,31)(H,28,29)(H2,22,23,24)/t14-,15+,35+/m0/s1. The van der Waals surface area contributed by atoms with Gasteiger partial charge in [0.25, 0.3) is 7.52 Å². The average Bonchev–Trinajstić information content (AvgIpc) is 3.15. The van der Waals surface area contributed by atoms with Crippen LogP contribution in [0.4, 0.5) is 5.82 Å². The Morgan fingerprint density at radius 3 is 2.54 bits per heavy atom. The van der Waals surface area contributed by atoms with Crippen LogP contribution in [0.25, 0.3) is 11.2 Å². The number of ether oxygens (including phenoxy) is 2. The van der Waals surface area contributed by atoms with Crippen LogP contribution in [0.15, 0.2) is 12.7 Å². The van der Waals surface area contributed by atoms with E-state index in [1.807, 2.05) is 0 Å². The predicted molar refractivity (Wildman–Crippen MR) is 129 cm³/mol. The highest BCUT2D eigenvalue weighted by Gasteiger charge is 2.39. The van der Waals surface area contributed by atoms with Crippen molar-refractivity contribution >= 4 is 36.4 Å². The first-order valence-electron chi connectivity index (χ1n) is 11.2. The number of aromatic nitrogens is 4. The normalized spacial score (nSPS) is 15.6. The summed E-state index contributed by atoms with van der Waals surface area (Å²) in [4.78, 5) is 35.9. The van der Waals surface area contributed by atoms with Gasteiger partial charge in [0.1, 0.15) is 23.7 Å². The van der Waals surface area contributed by atoms with Crippen molar-refractivity contribution in [3.8, 4) is 0 Å². The summed E-state index contributed by atoms with van der Waals surface area (Å²) in [6.07, 6.45) is 1.85. The summed E-state index contributed by atoms with van der Waals surface area (Å²) < 4.78 is 32.1. The summed E-state index contributed by atoms with van der Waals surface area (Å²) in [5, 5.41) is 11.9. The molecular weight excluding hydrogens is 479 g/mol. The van der Waals surface area contributed by atoms with Crippen LogP contribution >= 0.6 is 7.52 Å². The third-order valence-electron chi connectivity index (χ3n) is 4.99. The highest BCUT2D eigenvalue weighted by Crippen LogP contribution is 2.45. The van der Waals surface area contributed by atoms with Crippen molar-refractivity contribution in [3.63, 3.8) is 0 Å². The summed E-state index contributed by atoms with van der Waals surface area (Å²) in [7, 11) is -3.76. The molecule has 196 valence electrons. The molecule has 3 atom stereocenters. The van der Waals surface area contributed by atoms with E-state index in [1.54, 1.807) is 31.7 Å². The molecule has 0 fully saturated rings. The summed E-state index contributed by atoms with van der Waals surface area (Å²) in [6.45, 7) is 9.98. The number of anilines is 1. The smallest absolute Gasteiger partial charge is 0.326 e. The number of nitrogen functional groups attached to an aromatic ring is 1. The van der Waals surface area contributed by atoms with Gasteiger partial charge in [-0.3, -0.25) is 14.2 Å². The third-order valence-corrected chi connectivity index (χ3v) is 6.98. The lowest BCUT2D eigenvalue weighted by Crippen LogP contribution is -2.47. The van der Waals surface area contributed by atoms with Gasteiger partial charge in [-0.25, -0.2) is 20.0 Å². The first kappa shape index (κ1) is 28.6. The zero-order chi connectivity index (χ0) is 26.4. The van der Waals surface area contributed by atoms with Crippen LogP contribution in [0.5, 0.6) is 0 Å². The zero-order valence-corrected chi connectivity index (χ0v) is 21.8. The highest BCUT2D eigenvalue weighted by atomic mass is 31.2. The van der Waals surface area contributed by atoms with Crippen molar-refractivity contribution in [3.05, 3.63) is 12.7 Å². The van der Waals surface area contributed by atoms with E-state index < -0.39 is 37.0 Å². The molecule has 0 aromatic carbocycles. The Labute approximate surface area is 204 Å². The van der Waals surface area contributed by atoms with Gasteiger partial charge >= 0.3 is 11.9 Å². The number of nitrogens with zero attached hydrogens (tertiary/aromatic N) is 4. The van der Waals surface area contributed by atoms with Crippen LogP contribution in [0.2, 0.25) is 0 Å². The molecule has 0 aliphatic rings. The van der Waals surface area contributed by atoms with Crippen molar-refractivity contribution in [2.75, 3.05) is 18.7 Å². The van der Waals surface area contributed by atoms with Crippen LogP contribution in [0.3, 0.4) is 0 Å². The number of imidazole rings is 1. The van der Waals surface area contributed by atoms with Crippen LogP contribution in [-0.2, 0) is 34.7 Å². The lowest BCUT2D eigenvalue weighted by atomic mass is 10.1. The number of aliphatic carboxylic acids is 1. The van der Waals surface area contributed by atoms with Gasteiger partial charge in [0.15, 0.2) is 11.5 Å². The lowest BCUT2D eigenvalue weighted by Gasteiger charge is -2.31. The molecule has 35 heavy (non-hydrogen) atoms. The second kappa shape index (κ2) is 11.9. The molecule has 2 rings (SSSR count). The van der Waals surface area contributed by atoms with Crippen molar-refractivity contribution < 1.29 is 33.3 Å². The molecule has 2 aromatic rings. The van der Waals surface area contributed by atoms with Crippen molar-refractivity contribution in [1.29, 1.82) is 0 Å².